The van der Waals surface area contributed by atoms with Crippen molar-refractivity contribution in [3.05, 3.63) is 43.6 Å². The van der Waals surface area contributed by atoms with Gasteiger partial charge in [0.2, 0.25) is 0 Å². The van der Waals surface area contributed by atoms with Crippen molar-refractivity contribution in [3.8, 4) is 0 Å². The fourth-order valence-electron chi connectivity index (χ4n) is 1.91. The predicted octanol–water partition coefficient (Wildman–Crippen LogP) is 3.93. The molecule has 1 aromatic heterocycles. The van der Waals surface area contributed by atoms with Crippen LogP contribution in [0.2, 0.25) is 0 Å². The summed E-state index contributed by atoms with van der Waals surface area (Å²) in [6.07, 6.45) is -4.56. The Morgan fingerprint density at radius 2 is 1.83 bits per heavy atom. The van der Waals surface area contributed by atoms with E-state index in [1.165, 1.54) is 13.0 Å². The molecule has 0 aliphatic carbocycles. The topological polar surface area (TPSA) is 32.9 Å². The van der Waals surface area contributed by atoms with Crippen molar-refractivity contribution in [2.75, 3.05) is 0 Å². The molecule has 1 N–H and O–H groups in total. The minimum absolute atomic E-state index is 0.223. The third kappa shape index (κ3) is 2.05. The zero-order valence-electron chi connectivity index (χ0n) is 9.57. The summed E-state index contributed by atoms with van der Waals surface area (Å²) in [5.41, 5.74) is -1.08. The Labute approximate surface area is 109 Å². The highest BCUT2D eigenvalue weighted by molar-refractivity contribution is 9.10. The first-order chi connectivity index (χ1) is 8.21. The van der Waals surface area contributed by atoms with Gasteiger partial charge in [0.25, 0.3) is 0 Å². The Hall–Kier alpha value is -1.30. The van der Waals surface area contributed by atoms with E-state index in [9.17, 15) is 18.0 Å². The number of fused-ring (bicyclic) bond motifs is 1. The standard InChI is InChI=1S/C12H9BrF3NO/c1-5-3-7(13)4-8-9(5)17-11(12(14,15)16)6(2)10(8)18/h3-4H,1-2H3,(H,17,18). The molecule has 0 bridgehead atoms. The van der Waals surface area contributed by atoms with E-state index >= 15 is 0 Å². The Morgan fingerprint density at radius 1 is 1.22 bits per heavy atom. The molecule has 2 rings (SSSR count). The second-order valence-corrected chi connectivity index (χ2v) is 5.01. The fourth-order valence-corrected chi connectivity index (χ4v) is 2.48. The largest absolute Gasteiger partial charge is 0.431 e. The molecular formula is C12H9BrF3NO. The minimum atomic E-state index is -4.56. The Bertz CT molecular complexity index is 688. The van der Waals surface area contributed by atoms with Crippen molar-refractivity contribution in [2.45, 2.75) is 20.0 Å². The van der Waals surface area contributed by atoms with Crippen LogP contribution >= 0.6 is 15.9 Å². The lowest BCUT2D eigenvalue weighted by atomic mass is 10.1. The van der Waals surface area contributed by atoms with Gasteiger partial charge in [-0.05, 0) is 31.5 Å². The molecule has 0 unspecified atom stereocenters. The maximum atomic E-state index is 12.8. The van der Waals surface area contributed by atoms with Crippen LogP contribution in [0.5, 0.6) is 0 Å². The van der Waals surface area contributed by atoms with Crippen LogP contribution in [0.25, 0.3) is 10.9 Å². The lowest BCUT2D eigenvalue weighted by molar-refractivity contribution is -0.141. The quantitative estimate of drug-likeness (QED) is 0.784. The SMILES string of the molecule is Cc1c(C(F)(F)F)[nH]c2c(C)cc(Br)cc2c1=O. The molecule has 0 radical (unpaired) electrons. The van der Waals surface area contributed by atoms with Crippen molar-refractivity contribution in [1.82, 2.24) is 4.98 Å². The minimum Gasteiger partial charge on any atom is -0.350 e. The van der Waals surface area contributed by atoms with E-state index in [4.69, 9.17) is 0 Å². The van der Waals surface area contributed by atoms with Gasteiger partial charge in [0.1, 0.15) is 5.69 Å². The zero-order chi connectivity index (χ0) is 13.7. The van der Waals surface area contributed by atoms with Crippen molar-refractivity contribution in [1.29, 1.82) is 0 Å². The van der Waals surface area contributed by atoms with Crippen molar-refractivity contribution in [3.63, 3.8) is 0 Å². The van der Waals surface area contributed by atoms with Gasteiger partial charge in [-0.2, -0.15) is 13.2 Å². The normalized spacial score (nSPS) is 12.1. The van der Waals surface area contributed by atoms with Crippen molar-refractivity contribution >= 4 is 26.8 Å². The second-order valence-electron chi connectivity index (χ2n) is 4.10. The lowest BCUT2D eigenvalue weighted by Crippen LogP contribution is -2.19. The highest BCUT2D eigenvalue weighted by atomic mass is 79.9. The first-order valence-electron chi connectivity index (χ1n) is 5.11. The number of aromatic amines is 1. The fraction of sp³-hybridized carbons (Fsp3) is 0.250. The van der Waals surface area contributed by atoms with E-state index in [0.717, 1.165) is 0 Å². The number of rotatable bonds is 0. The Morgan fingerprint density at radius 3 is 2.39 bits per heavy atom. The number of aromatic nitrogens is 1. The lowest BCUT2D eigenvalue weighted by Gasteiger charge is -2.12. The van der Waals surface area contributed by atoms with Crippen LogP contribution in [0, 0.1) is 13.8 Å². The van der Waals surface area contributed by atoms with Crippen molar-refractivity contribution < 1.29 is 13.2 Å². The monoisotopic (exact) mass is 319 g/mol. The molecule has 1 aromatic carbocycles. The number of aryl methyl sites for hydroxylation is 1. The zero-order valence-corrected chi connectivity index (χ0v) is 11.2. The summed E-state index contributed by atoms with van der Waals surface area (Å²) in [5, 5.41) is 0.257. The smallest absolute Gasteiger partial charge is 0.350 e. The average Bonchev–Trinajstić information content (AvgIpc) is 2.22. The maximum absolute atomic E-state index is 12.8. The van der Waals surface area contributed by atoms with Crippen LogP contribution in [0.15, 0.2) is 21.4 Å². The van der Waals surface area contributed by atoms with Gasteiger partial charge >= 0.3 is 6.18 Å². The van der Waals surface area contributed by atoms with Gasteiger partial charge in [-0.25, -0.2) is 0 Å². The van der Waals surface area contributed by atoms with E-state index in [2.05, 4.69) is 20.9 Å². The van der Waals surface area contributed by atoms with Crippen LogP contribution in [-0.2, 0) is 6.18 Å². The van der Waals surface area contributed by atoms with E-state index in [1.807, 2.05) is 0 Å². The second kappa shape index (κ2) is 4.12. The highest BCUT2D eigenvalue weighted by Gasteiger charge is 2.35. The number of halogens is 4. The number of hydrogen-bond donors (Lipinski definition) is 1. The Balaban J connectivity index is 2.98. The summed E-state index contributed by atoms with van der Waals surface area (Å²) in [4.78, 5) is 14.3. The molecule has 0 saturated heterocycles. The van der Waals surface area contributed by atoms with Crippen LogP contribution in [0.4, 0.5) is 13.2 Å². The number of benzene rings is 1. The van der Waals surface area contributed by atoms with Crippen LogP contribution < -0.4 is 5.43 Å². The highest BCUT2D eigenvalue weighted by Crippen LogP contribution is 2.31. The molecule has 0 fully saturated rings. The van der Waals surface area contributed by atoms with Crippen LogP contribution in [-0.4, -0.2) is 4.98 Å². The summed E-state index contributed by atoms with van der Waals surface area (Å²) in [7, 11) is 0. The summed E-state index contributed by atoms with van der Waals surface area (Å²) in [5.74, 6) is 0. The summed E-state index contributed by atoms with van der Waals surface area (Å²) in [6.45, 7) is 2.83. The van der Waals surface area contributed by atoms with Gasteiger partial charge in [0.15, 0.2) is 5.43 Å². The third-order valence-electron chi connectivity index (χ3n) is 2.79. The Kier molecular flexibility index (Phi) is 3.01. The number of alkyl halides is 3. The molecule has 0 aliphatic heterocycles. The molecule has 6 heteroatoms. The first kappa shape index (κ1) is 13.1. The van der Waals surface area contributed by atoms with Gasteiger partial charge in [-0.3, -0.25) is 4.79 Å². The third-order valence-corrected chi connectivity index (χ3v) is 3.25. The van der Waals surface area contributed by atoms with E-state index in [0.29, 0.717) is 10.0 Å². The molecule has 0 saturated carbocycles. The summed E-state index contributed by atoms with van der Waals surface area (Å²) in [6, 6.07) is 3.18. The molecule has 0 spiro atoms. The summed E-state index contributed by atoms with van der Waals surface area (Å²) >= 11 is 3.22. The van der Waals surface area contributed by atoms with Crippen LogP contribution in [0.3, 0.4) is 0 Å². The number of H-pyrrole nitrogens is 1. The van der Waals surface area contributed by atoms with Crippen LogP contribution in [0.1, 0.15) is 16.8 Å². The van der Waals surface area contributed by atoms with Gasteiger partial charge in [-0.1, -0.05) is 15.9 Å². The van der Waals surface area contributed by atoms with Crippen molar-refractivity contribution in [2.24, 2.45) is 0 Å². The molecule has 2 aromatic rings. The average molecular weight is 320 g/mol. The number of hydrogen-bond acceptors (Lipinski definition) is 1. The van der Waals surface area contributed by atoms with E-state index in [1.54, 1.807) is 13.0 Å². The maximum Gasteiger partial charge on any atom is 0.431 e. The molecule has 96 valence electrons. The van der Waals surface area contributed by atoms with Gasteiger partial charge in [-0.15, -0.1) is 0 Å². The molecule has 2 nitrogen and oxygen atoms in total. The van der Waals surface area contributed by atoms with E-state index < -0.39 is 17.3 Å². The van der Waals surface area contributed by atoms with E-state index in [-0.39, 0.29) is 16.5 Å². The molecule has 0 aliphatic rings. The predicted molar refractivity (Wildman–Crippen MR) is 66.7 cm³/mol. The van der Waals surface area contributed by atoms with Gasteiger partial charge < -0.3 is 4.98 Å². The molecule has 0 atom stereocenters. The molecule has 18 heavy (non-hydrogen) atoms. The molecule has 0 amide bonds. The molecule has 1 heterocycles. The molecular weight excluding hydrogens is 311 g/mol. The number of nitrogens with one attached hydrogen (secondary N) is 1. The number of pyridine rings is 1. The first-order valence-corrected chi connectivity index (χ1v) is 5.91. The summed E-state index contributed by atoms with van der Waals surface area (Å²) < 4.78 is 39.0. The van der Waals surface area contributed by atoms with Gasteiger partial charge in [0.05, 0.1) is 5.52 Å². The van der Waals surface area contributed by atoms with Gasteiger partial charge in [0, 0.05) is 15.4 Å².